The van der Waals surface area contributed by atoms with Crippen LogP contribution < -0.4 is 10.1 Å². The van der Waals surface area contributed by atoms with E-state index >= 15 is 0 Å². The Hall–Kier alpha value is -2.65. The lowest BCUT2D eigenvalue weighted by atomic mass is 9.77. The molecule has 0 amide bonds. The van der Waals surface area contributed by atoms with E-state index in [0.717, 1.165) is 22.7 Å². The van der Waals surface area contributed by atoms with Gasteiger partial charge in [0.25, 0.3) is 0 Å². The molecule has 0 saturated carbocycles. The van der Waals surface area contributed by atoms with Crippen LogP contribution in [0.1, 0.15) is 37.2 Å². The second kappa shape index (κ2) is 8.12. The summed E-state index contributed by atoms with van der Waals surface area (Å²) in [5.41, 5.74) is -2.29. The van der Waals surface area contributed by atoms with E-state index in [9.17, 15) is 22.7 Å². The number of aliphatic hydroxyl groups is 1. The van der Waals surface area contributed by atoms with Crippen molar-refractivity contribution in [1.29, 1.82) is 0 Å². The lowest BCUT2D eigenvalue weighted by Crippen LogP contribution is -2.59. The highest BCUT2D eigenvalue weighted by atomic mass is 19.4. The van der Waals surface area contributed by atoms with Crippen LogP contribution in [0.3, 0.4) is 0 Å². The van der Waals surface area contributed by atoms with Gasteiger partial charge in [-0.25, -0.2) is 4.39 Å². The Morgan fingerprint density at radius 2 is 1.87 bits per heavy atom. The van der Waals surface area contributed by atoms with Gasteiger partial charge in [0.05, 0.1) is 7.11 Å². The van der Waals surface area contributed by atoms with E-state index in [2.05, 4.69) is 15.3 Å². The lowest BCUT2D eigenvalue weighted by molar-refractivity contribution is -0.280. The Bertz CT molecular complexity index is 1080. The normalized spacial score (nSPS) is 14.6. The number of H-pyrrole nitrogens is 1. The quantitative estimate of drug-likeness (QED) is 0.368. The molecule has 2 aromatic heterocycles. The van der Waals surface area contributed by atoms with Crippen molar-refractivity contribution >= 4 is 10.9 Å². The van der Waals surface area contributed by atoms with Crippen LogP contribution in [0.25, 0.3) is 10.9 Å². The summed E-state index contributed by atoms with van der Waals surface area (Å²) in [6, 6.07) is 7.11. The minimum atomic E-state index is -4.98. The predicted octanol–water partition coefficient (Wildman–Crippen LogP) is 4.73. The number of aryl methyl sites for hydroxylation is 1. The number of aromatic amines is 1. The molecule has 0 radical (unpaired) electrons. The molecule has 0 bridgehead atoms. The van der Waals surface area contributed by atoms with Crippen LogP contribution >= 0.6 is 0 Å². The van der Waals surface area contributed by atoms with Crippen molar-refractivity contribution in [3.05, 3.63) is 59.3 Å². The Kier molecular flexibility index (Phi) is 6.03. The minimum Gasteiger partial charge on any atom is -0.496 e. The molecule has 1 atom stereocenters. The first kappa shape index (κ1) is 23.0. The fraction of sp³-hybridized carbons (Fsp3) is 0.409. The molecule has 3 N–H and O–H groups in total. The first-order valence-electron chi connectivity index (χ1n) is 9.67. The van der Waals surface area contributed by atoms with Crippen molar-refractivity contribution in [2.24, 2.45) is 0 Å². The van der Waals surface area contributed by atoms with Crippen LogP contribution in [0.4, 0.5) is 17.6 Å². The molecule has 0 fully saturated rings. The number of alkyl halides is 3. The van der Waals surface area contributed by atoms with E-state index in [1.807, 2.05) is 6.92 Å². The number of pyridine rings is 1. The molecule has 3 aromatic rings. The van der Waals surface area contributed by atoms with Crippen LogP contribution in [0.5, 0.6) is 5.75 Å². The highest BCUT2D eigenvalue weighted by Gasteiger charge is 2.56. The largest absolute Gasteiger partial charge is 0.496 e. The van der Waals surface area contributed by atoms with Gasteiger partial charge in [-0.05, 0) is 42.7 Å². The molecule has 168 valence electrons. The maximum atomic E-state index is 13.9. The number of aromatic nitrogens is 2. The number of rotatable bonds is 7. The fourth-order valence-corrected chi connectivity index (χ4v) is 3.73. The highest BCUT2D eigenvalue weighted by molar-refractivity contribution is 5.79. The third kappa shape index (κ3) is 4.83. The van der Waals surface area contributed by atoms with E-state index in [1.54, 1.807) is 18.3 Å². The van der Waals surface area contributed by atoms with Gasteiger partial charge in [0.2, 0.25) is 5.72 Å². The van der Waals surface area contributed by atoms with Gasteiger partial charge in [-0.15, -0.1) is 0 Å². The third-order valence-corrected chi connectivity index (χ3v) is 5.33. The highest BCUT2D eigenvalue weighted by Crippen LogP contribution is 2.42. The third-order valence-electron chi connectivity index (χ3n) is 5.33. The van der Waals surface area contributed by atoms with Gasteiger partial charge in [0.1, 0.15) is 11.6 Å². The van der Waals surface area contributed by atoms with Gasteiger partial charge >= 0.3 is 6.18 Å². The minimum absolute atomic E-state index is 0.228. The summed E-state index contributed by atoms with van der Waals surface area (Å²) in [6.45, 7) is 4.55. The van der Waals surface area contributed by atoms with Gasteiger partial charge in [0.15, 0.2) is 0 Å². The van der Waals surface area contributed by atoms with Crippen LogP contribution in [-0.2, 0) is 12.0 Å². The van der Waals surface area contributed by atoms with E-state index in [0.29, 0.717) is 5.69 Å². The second-order valence-corrected chi connectivity index (χ2v) is 8.32. The summed E-state index contributed by atoms with van der Waals surface area (Å²) in [5, 5.41) is 13.7. The second-order valence-electron chi connectivity index (χ2n) is 8.32. The van der Waals surface area contributed by atoms with Crippen molar-refractivity contribution in [2.75, 3.05) is 7.11 Å². The van der Waals surface area contributed by atoms with Crippen molar-refractivity contribution < 1.29 is 27.4 Å². The molecule has 1 aromatic carbocycles. The first-order chi connectivity index (χ1) is 14.3. The molecule has 3 rings (SSSR count). The van der Waals surface area contributed by atoms with Gasteiger partial charge in [0, 0.05) is 47.0 Å². The molecule has 5 nitrogen and oxygen atoms in total. The van der Waals surface area contributed by atoms with E-state index in [-0.39, 0.29) is 17.9 Å². The van der Waals surface area contributed by atoms with Crippen molar-refractivity contribution in [3.8, 4) is 5.75 Å². The monoisotopic (exact) mass is 439 g/mol. The van der Waals surface area contributed by atoms with Crippen LogP contribution in [0.2, 0.25) is 0 Å². The number of nitrogens with one attached hydrogen (secondary N) is 2. The SMILES string of the molecule is COc1ccc(F)cc1C(C)(C)CC(O)(NCc1cc2cnc(C)cc2[nH]1)C(F)(F)F. The van der Waals surface area contributed by atoms with Gasteiger partial charge in [-0.2, -0.15) is 13.2 Å². The average Bonchev–Trinajstić information content (AvgIpc) is 3.07. The van der Waals surface area contributed by atoms with Gasteiger partial charge in [-0.1, -0.05) is 13.8 Å². The Labute approximate surface area is 177 Å². The predicted molar refractivity (Wildman–Crippen MR) is 109 cm³/mol. The summed E-state index contributed by atoms with van der Waals surface area (Å²) >= 11 is 0. The molecular weight excluding hydrogens is 414 g/mol. The Balaban J connectivity index is 1.88. The summed E-state index contributed by atoms with van der Waals surface area (Å²) in [4.78, 5) is 7.19. The van der Waals surface area contributed by atoms with Crippen LogP contribution in [0.15, 0.2) is 36.5 Å². The molecule has 0 aliphatic rings. The topological polar surface area (TPSA) is 70.2 Å². The number of methoxy groups -OCH3 is 1. The number of benzene rings is 1. The van der Waals surface area contributed by atoms with E-state index in [1.165, 1.54) is 33.1 Å². The van der Waals surface area contributed by atoms with Gasteiger partial charge < -0.3 is 14.8 Å². The summed E-state index contributed by atoms with van der Waals surface area (Å²) in [6.07, 6.45) is -4.11. The van der Waals surface area contributed by atoms with E-state index < -0.39 is 29.6 Å². The van der Waals surface area contributed by atoms with E-state index in [4.69, 9.17) is 4.74 Å². The number of hydrogen-bond donors (Lipinski definition) is 3. The number of nitrogens with zero attached hydrogens (tertiary/aromatic N) is 1. The van der Waals surface area contributed by atoms with Crippen molar-refractivity contribution in [3.63, 3.8) is 0 Å². The molecule has 0 spiro atoms. The molecule has 0 aliphatic heterocycles. The maximum Gasteiger partial charge on any atom is 0.431 e. The molecule has 1 unspecified atom stereocenters. The molecule has 0 saturated heterocycles. The smallest absolute Gasteiger partial charge is 0.431 e. The summed E-state index contributed by atoms with van der Waals surface area (Å²) in [5.74, 6) is -0.358. The molecule has 31 heavy (non-hydrogen) atoms. The van der Waals surface area contributed by atoms with Crippen LogP contribution in [-0.4, -0.2) is 34.1 Å². The average molecular weight is 439 g/mol. The standard InChI is InChI=1S/C22H25F4N3O2/c1-13-7-18-14(10-27-13)8-16(29-18)11-28-21(30,22(24,25)26)12-20(2,3)17-9-15(23)5-6-19(17)31-4/h5-10,28-30H,11-12H2,1-4H3. The van der Waals surface area contributed by atoms with Crippen molar-refractivity contribution in [2.45, 2.75) is 51.1 Å². The zero-order chi connectivity index (χ0) is 23.0. The Morgan fingerprint density at radius 3 is 2.52 bits per heavy atom. The van der Waals surface area contributed by atoms with Crippen molar-refractivity contribution in [1.82, 2.24) is 15.3 Å². The Morgan fingerprint density at radius 1 is 1.16 bits per heavy atom. The van der Waals surface area contributed by atoms with Gasteiger partial charge in [-0.3, -0.25) is 10.3 Å². The summed E-state index contributed by atoms with van der Waals surface area (Å²) in [7, 11) is 1.35. The lowest BCUT2D eigenvalue weighted by Gasteiger charge is -2.38. The fourth-order valence-electron chi connectivity index (χ4n) is 3.73. The molecule has 2 heterocycles. The zero-order valence-electron chi connectivity index (χ0n) is 17.7. The summed E-state index contributed by atoms with van der Waals surface area (Å²) < 4.78 is 60.8. The number of hydrogen-bond acceptors (Lipinski definition) is 4. The number of ether oxygens (including phenoxy) is 1. The maximum absolute atomic E-state index is 13.9. The molecular formula is C22H25F4N3O2. The molecule has 0 aliphatic carbocycles. The first-order valence-corrected chi connectivity index (χ1v) is 9.67. The van der Waals surface area contributed by atoms with Crippen LogP contribution in [0, 0.1) is 12.7 Å². The zero-order valence-corrected chi connectivity index (χ0v) is 17.7. The number of fused-ring (bicyclic) bond motifs is 1. The molecule has 9 heteroatoms. The number of halogens is 4.